The first-order valence-electron chi connectivity index (χ1n) is 4.27. The van der Waals surface area contributed by atoms with Gasteiger partial charge in [0.1, 0.15) is 11.6 Å². The molecule has 7 heteroatoms. The Bertz CT molecular complexity index is 404. The molecule has 1 rings (SSSR count). The molecule has 1 heterocycles. The average molecular weight is 232 g/mol. The van der Waals surface area contributed by atoms with Crippen molar-refractivity contribution < 1.29 is 9.53 Å². The monoisotopic (exact) mass is 231 g/mol. The molecule has 0 bridgehead atoms. The summed E-state index contributed by atoms with van der Waals surface area (Å²) in [6.07, 6.45) is 1.20. The van der Waals surface area contributed by atoms with Crippen molar-refractivity contribution in [3.63, 3.8) is 0 Å². The molecular weight excluding hydrogens is 222 g/mol. The molecule has 1 aromatic rings. The highest BCUT2D eigenvalue weighted by Gasteiger charge is 2.07. The van der Waals surface area contributed by atoms with Crippen LogP contribution in [0.25, 0.3) is 0 Å². The number of esters is 1. The molecule has 1 aromatic heterocycles. The Morgan fingerprint density at radius 2 is 2.47 bits per heavy atom. The summed E-state index contributed by atoms with van der Waals surface area (Å²) in [7, 11) is 0. The van der Waals surface area contributed by atoms with E-state index < -0.39 is 11.5 Å². The third kappa shape index (κ3) is 3.25. The number of halogens is 1. The molecule has 0 unspecified atom stereocenters. The van der Waals surface area contributed by atoms with E-state index in [4.69, 9.17) is 11.6 Å². The minimum absolute atomic E-state index is 0.0794. The molecule has 0 aliphatic heterocycles. The topological polar surface area (TPSA) is 84.1 Å². The third-order valence-electron chi connectivity index (χ3n) is 1.50. The summed E-state index contributed by atoms with van der Waals surface area (Å²) >= 11 is 5.63. The van der Waals surface area contributed by atoms with Gasteiger partial charge in [-0.25, -0.2) is 4.98 Å². The quantitative estimate of drug-likeness (QED) is 0.733. The van der Waals surface area contributed by atoms with Gasteiger partial charge in [-0.05, 0) is 6.92 Å². The summed E-state index contributed by atoms with van der Waals surface area (Å²) in [6, 6.07) is 0. The van der Waals surface area contributed by atoms with E-state index in [0.717, 1.165) is 0 Å². The molecule has 15 heavy (non-hydrogen) atoms. The van der Waals surface area contributed by atoms with E-state index >= 15 is 0 Å². The van der Waals surface area contributed by atoms with Crippen LogP contribution in [0.2, 0.25) is 5.02 Å². The van der Waals surface area contributed by atoms with E-state index in [2.05, 4.69) is 20.0 Å². The van der Waals surface area contributed by atoms with Gasteiger partial charge in [0.15, 0.2) is 5.82 Å². The second-order valence-electron chi connectivity index (χ2n) is 2.55. The molecule has 82 valence electrons. The smallest absolute Gasteiger partial charge is 0.325 e. The Labute approximate surface area is 90.6 Å². The normalized spacial score (nSPS) is 9.73. The molecule has 0 aromatic carbocycles. The minimum atomic E-state index is -0.460. The first kappa shape index (κ1) is 11.5. The largest absolute Gasteiger partial charge is 0.465 e. The van der Waals surface area contributed by atoms with Crippen molar-refractivity contribution in [2.75, 3.05) is 18.5 Å². The number of H-pyrrole nitrogens is 1. The zero-order valence-corrected chi connectivity index (χ0v) is 8.80. The first-order valence-corrected chi connectivity index (χ1v) is 4.65. The fourth-order valence-corrected chi connectivity index (χ4v) is 1.04. The van der Waals surface area contributed by atoms with Crippen molar-refractivity contribution in [1.82, 2.24) is 9.97 Å². The number of aromatic amines is 1. The lowest BCUT2D eigenvalue weighted by atomic mass is 10.5. The predicted molar refractivity (Wildman–Crippen MR) is 55.0 cm³/mol. The maximum atomic E-state index is 11.0. The number of carbonyl (C=O) groups excluding carboxylic acids is 1. The van der Waals surface area contributed by atoms with E-state index in [1.807, 2.05) is 0 Å². The van der Waals surface area contributed by atoms with Gasteiger partial charge < -0.3 is 15.0 Å². The highest BCUT2D eigenvalue weighted by molar-refractivity contribution is 6.32. The number of nitrogens with zero attached hydrogens (tertiary/aromatic N) is 1. The van der Waals surface area contributed by atoms with E-state index in [0.29, 0.717) is 6.61 Å². The van der Waals surface area contributed by atoms with E-state index in [-0.39, 0.29) is 17.4 Å². The predicted octanol–water partition coefficient (Wildman–Crippen LogP) is 0.398. The van der Waals surface area contributed by atoms with Gasteiger partial charge in [-0.1, -0.05) is 11.6 Å². The number of carbonyl (C=O) groups is 1. The molecule has 0 amide bonds. The summed E-state index contributed by atoms with van der Waals surface area (Å²) in [4.78, 5) is 28.1. The second kappa shape index (κ2) is 5.35. The molecule has 6 nitrogen and oxygen atoms in total. The molecular formula is C8H10ClN3O3. The SMILES string of the molecule is CCOC(=O)CNc1nc[nH]c(=O)c1Cl. The van der Waals surface area contributed by atoms with Crippen LogP contribution in [0, 0.1) is 0 Å². The van der Waals surface area contributed by atoms with Crippen LogP contribution < -0.4 is 10.9 Å². The number of hydrogen-bond acceptors (Lipinski definition) is 5. The highest BCUT2D eigenvalue weighted by atomic mass is 35.5. The number of rotatable bonds is 4. The summed E-state index contributed by atoms with van der Waals surface area (Å²) in [5.41, 5.74) is -0.460. The maximum Gasteiger partial charge on any atom is 0.325 e. The van der Waals surface area contributed by atoms with Crippen LogP contribution in [0.4, 0.5) is 5.82 Å². The molecule has 0 aliphatic rings. The van der Waals surface area contributed by atoms with Gasteiger partial charge in [-0.2, -0.15) is 0 Å². The fraction of sp³-hybridized carbons (Fsp3) is 0.375. The Kier molecular flexibility index (Phi) is 4.11. The van der Waals surface area contributed by atoms with Crippen LogP contribution in [0.5, 0.6) is 0 Å². The lowest BCUT2D eigenvalue weighted by molar-refractivity contribution is -0.140. The van der Waals surface area contributed by atoms with Gasteiger partial charge >= 0.3 is 5.97 Å². The van der Waals surface area contributed by atoms with Crippen LogP contribution in [0.15, 0.2) is 11.1 Å². The Morgan fingerprint density at radius 1 is 1.73 bits per heavy atom. The molecule has 0 aliphatic carbocycles. The summed E-state index contributed by atoms with van der Waals surface area (Å²) in [5, 5.41) is 2.52. The van der Waals surface area contributed by atoms with Gasteiger partial charge in [-0.3, -0.25) is 9.59 Å². The van der Waals surface area contributed by atoms with E-state index in [1.54, 1.807) is 6.92 Å². The van der Waals surface area contributed by atoms with E-state index in [9.17, 15) is 9.59 Å². The van der Waals surface area contributed by atoms with Crippen molar-refractivity contribution in [3.8, 4) is 0 Å². The van der Waals surface area contributed by atoms with Gasteiger partial charge in [0, 0.05) is 0 Å². The van der Waals surface area contributed by atoms with Crippen LogP contribution >= 0.6 is 11.6 Å². The Morgan fingerprint density at radius 3 is 3.13 bits per heavy atom. The molecule has 0 radical (unpaired) electrons. The van der Waals surface area contributed by atoms with Gasteiger partial charge in [-0.15, -0.1) is 0 Å². The van der Waals surface area contributed by atoms with Crippen molar-refractivity contribution in [2.24, 2.45) is 0 Å². The number of anilines is 1. The third-order valence-corrected chi connectivity index (χ3v) is 1.85. The number of ether oxygens (including phenoxy) is 1. The van der Waals surface area contributed by atoms with Crippen LogP contribution in [0.1, 0.15) is 6.92 Å². The molecule has 0 atom stereocenters. The van der Waals surface area contributed by atoms with Gasteiger partial charge in [0.05, 0.1) is 12.9 Å². The average Bonchev–Trinajstić information content (AvgIpc) is 2.21. The van der Waals surface area contributed by atoms with Crippen molar-refractivity contribution >= 4 is 23.4 Å². The standard InChI is InChI=1S/C8H10ClN3O3/c1-2-15-5(13)3-10-7-6(9)8(14)12-4-11-7/h4H,2-3H2,1H3,(H2,10,11,12,14). The van der Waals surface area contributed by atoms with E-state index in [1.165, 1.54) is 6.33 Å². The van der Waals surface area contributed by atoms with Crippen LogP contribution in [0.3, 0.4) is 0 Å². The van der Waals surface area contributed by atoms with Crippen molar-refractivity contribution in [2.45, 2.75) is 6.92 Å². The molecule has 2 N–H and O–H groups in total. The Hall–Kier alpha value is -1.56. The fourth-order valence-electron chi connectivity index (χ4n) is 0.874. The lowest BCUT2D eigenvalue weighted by Crippen LogP contribution is -2.19. The summed E-state index contributed by atoms with van der Waals surface area (Å²) in [5.74, 6) is -0.274. The van der Waals surface area contributed by atoms with Gasteiger partial charge in [0.2, 0.25) is 0 Å². The second-order valence-corrected chi connectivity index (χ2v) is 2.93. The summed E-state index contributed by atoms with van der Waals surface area (Å²) < 4.78 is 4.68. The Balaban J connectivity index is 2.62. The van der Waals surface area contributed by atoms with Crippen molar-refractivity contribution in [1.29, 1.82) is 0 Å². The minimum Gasteiger partial charge on any atom is -0.465 e. The molecule has 0 fully saturated rings. The molecule has 0 saturated heterocycles. The van der Waals surface area contributed by atoms with Crippen LogP contribution in [-0.4, -0.2) is 29.1 Å². The number of hydrogen-bond donors (Lipinski definition) is 2. The number of aromatic nitrogens is 2. The maximum absolute atomic E-state index is 11.0. The molecule has 0 saturated carbocycles. The zero-order chi connectivity index (χ0) is 11.3. The zero-order valence-electron chi connectivity index (χ0n) is 8.04. The first-order chi connectivity index (χ1) is 7.15. The highest BCUT2D eigenvalue weighted by Crippen LogP contribution is 2.11. The lowest BCUT2D eigenvalue weighted by Gasteiger charge is -2.05. The molecule has 0 spiro atoms. The number of nitrogens with one attached hydrogen (secondary N) is 2. The van der Waals surface area contributed by atoms with Gasteiger partial charge in [0.25, 0.3) is 5.56 Å². The van der Waals surface area contributed by atoms with Crippen molar-refractivity contribution in [3.05, 3.63) is 21.7 Å². The van der Waals surface area contributed by atoms with Crippen LogP contribution in [-0.2, 0) is 9.53 Å². The summed E-state index contributed by atoms with van der Waals surface area (Å²) in [6.45, 7) is 1.93.